The summed E-state index contributed by atoms with van der Waals surface area (Å²) < 4.78 is 36.5. The molecular formula is C32H48O5S. The summed E-state index contributed by atoms with van der Waals surface area (Å²) in [5, 5.41) is 0. The molecule has 5 nitrogen and oxygen atoms in total. The Morgan fingerprint density at radius 2 is 1.76 bits per heavy atom. The summed E-state index contributed by atoms with van der Waals surface area (Å²) in [4.78, 5) is 11.9. The Morgan fingerprint density at radius 1 is 1.03 bits per heavy atom. The first-order valence-electron chi connectivity index (χ1n) is 14.3. The largest absolute Gasteiger partial charge is 0.469 e. The van der Waals surface area contributed by atoms with E-state index in [2.05, 4.69) is 19.9 Å². The number of aryl methyl sites for hydroxylation is 1. The lowest BCUT2D eigenvalue weighted by Crippen LogP contribution is -2.50. The fraction of sp³-hybridized carbons (Fsp3) is 0.719. The topological polar surface area (TPSA) is 69.7 Å². The smallest absolute Gasteiger partial charge is 0.305 e. The Balaban J connectivity index is 0.00000336. The highest BCUT2D eigenvalue weighted by Gasteiger charge is 2.58. The molecule has 38 heavy (non-hydrogen) atoms. The Kier molecular flexibility index (Phi) is 8.55. The summed E-state index contributed by atoms with van der Waals surface area (Å²) in [5.74, 6) is 2.76. The molecule has 212 valence electrons. The summed E-state index contributed by atoms with van der Waals surface area (Å²) in [7, 11) is -2.28. The van der Waals surface area contributed by atoms with Crippen molar-refractivity contribution in [3.05, 3.63) is 41.5 Å². The van der Waals surface area contributed by atoms with Gasteiger partial charge in [-0.1, -0.05) is 50.6 Å². The number of carbonyl (C=O) groups excluding carboxylic acids is 1. The molecule has 0 amide bonds. The highest BCUT2D eigenvalue weighted by atomic mass is 32.2. The van der Waals surface area contributed by atoms with E-state index in [0.29, 0.717) is 29.6 Å². The van der Waals surface area contributed by atoms with E-state index in [1.807, 2.05) is 19.1 Å². The van der Waals surface area contributed by atoms with Crippen molar-refractivity contribution in [3.63, 3.8) is 0 Å². The van der Waals surface area contributed by atoms with Crippen LogP contribution in [-0.2, 0) is 23.8 Å². The fourth-order valence-electron chi connectivity index (χ4n) is 8.83. The predicted molar refractivity (Wildman–Crippen MR) is 151 cm³/mol. The zero-order valence-electron chi connectivity index (χ0n) is 23.0. The van der Waals surface area contributed by atoms with Gasteiger partial charge < -0.3 is 4.74 Å². The quantitative estimate of drug-likeness (QED) is 0.201. The van der Waals surface area contributed by atoms with Crippen molar-refractivity contribution in [1.29, 1.82) is 0 Å². The molecule has 7 unspecified atom stereocenters. The molecule has 0 saturated heterocycles. The lowest BCUT2D eigenvalue weighted by molar-refractivity contribution is -0.140. The highest BCUT2D eigenvalue weighted by molar-refractivity contribution is 7.86. The lowest BCUT2D eigenvalue weighted by atomic mass is 9.47. The van der Waals surface area contributed by atoms with Gasteiger partial charge in [0.1, 0.15) is 0 Å². The van der Waals surface area contributed by atoms with E-state index >= 15 is 0 Å². The minimum absolute atomic E-state index is 0. The Hall–Kier alpha value is -1.66. The van der Waals surface area contributed by atoms with Crippen molar-refractivity contribution in [1.82, 2.24) is 0 Å². The first-order chi connectivity index (χ1) is 17.6. The maximum Gasteiger partial charge on any atom is 0.305 e. The van der Waals surface area contributed by atoms with E-state index in [4.69, 9.17) is 8.92 Å². The zero-order chi connectivity index (χ0) is 26.4. The van der Waals surface area contributed by atoms with Crippen molar-refractivity contribution in [2.75, 3.05) is 7.11 Å². The van der Waals surface area contributed by atoms with Crippen LogP contribution in [0.15, 0.2) is 40.8 Å². The number of esters is 1. The molecule has 3 fully saturated rings. The second-order valence-electron chi connectivity index (χ2n) is 12.8. The molecule has 5 rings (SSSR count). The molecule has 4 aliphatic rings. The molecule has 4 aliphatic carbocycles. The van der Waals surface area contributed by atoms with Crippen LogP contribution in [0.3, 0.4) is 0 Å². The summed E-state index contributed by atoms with van der Waals surface area (Å²) in [5.41, 5.74) is 3.00. The van der Waals surface area contributed by atoms with Crippen LogP contribution in [0.5, 0.6) is 0 Å². The van der Waals surface area contributed by atoms with E-state index in [-0.39, 0.29) is 29.8 Å². The minimum atomic E-state index is -3.75. The lowest BCUT2D eigenvalue weighted by Gasteiger charge is -2.58. The van der Waals surface area contributed by atoms with Gasteiger partial charge in [-0.2, -0.15) is 8.42 Å². The third-order valence-electron chi connectivity index (χ3n) is 11.0. The van der Waals surface area contributed by atoms with Crippen molar-refractivity contribution in [2.45, 2.75) is 110 Å². The van der Waals surface area contributed by atoms with Crippen LogP contribution in [0.2, 0.25) is 0 Å². The number of ether oxygens (including phenoxy) is 1. The highest BCUT2D eigenvalue weighted by Crippen LogP contribution is 2.66. The normalized spacial score (nSPS) is 36.2. The third-order valence-corrected chi connectivity index (χ3v) is 12.4. The van der Waals surface area contributed by atoms with E-state index < -0.39 is 10.1 Å². The molecule has 0 aromatic heterocycles. The van der Waals surface area contributed by atoms with Crippen molar-refractivity contribution in [3.8, 4) is 0 Å². The van der Waals surface area contributed by atoms with Gasteiger partial charge in [0, 0.05) is 6.42 Å². The van der Waals surface area contributed by atoms with Gasteiger partial charge in [0.2, 0.25) is 0 Å². The molecule has 0 aliphatic heterocycles. The number of hydrogen-bond acceptors (Lipinski definition) is 5. The van der Waals surface area contributed by atoms with Crippen LogP contribution >= 0.6 is 0 Å². The van der Waals surface area contributed by atoms with Crippen molar-refractivity contribution < 1.29 is 22.1 Å². The number of benzene rings is 1. The van der Waals surface area contributed by atoms with Gasteiger partial charge >= 0.3 is 5.97 Å². The number of rotatable bonds is 7. The monoisotopic (exact) mass is 544 g/mol. The summed E-state index contributed by atoms with van der Waals surface area (Å²) in [6.07, 6.45) is 13.5. The first kappa shape index (κ1) is 29.3. The first-order valence-corrected chi connectivity index (χ1v) is 15.7. The second kappa shape index (κ2) is 11.1. The Labute approximate surface area is 230 Å². The van der Waals surface area contributed by atoms with Crippen LogP contribution in [0.25, 0.3) is 0 Å². The summed E-state index contributed by atoms with van der Waals surface area (Å²) in [6.45, 7) is 6.94. The number of carbonyl (C=O) groups is 1. The van der Waals surface area contributed by atoms with Gasteiger partial charge in [0.05, 0.1) is 18.1 Å². The van der Waals surface area contributed by atoms with Gasteiger partial charge in [-0.05, 0) is 118 Å². The summed E-state index contributed by atoms with van der Waals surface area (Å²) in [6, 6.07) is 6.93. The second-order valence-corrected chi connectivity index (χ2v) is 14.3. The van der Waals surface area contributed by atoms with Crippen LogP contribution in [0.4, 0.5) is 0 Å². The average Bonchev–Trinajstić information content (AvgIpc) is 3.20. The number of hydrogen-bond donors (Lipinski definition) is 0. The molecule has 0 N–H and O–H groups in total. The van der Waals surface area contributed by atoms with Gasteiger partial charge in [0.25, 0.3) is 10.1 Å². The number of fused-ring (bicyclic) bond motifs is 5. The van der Waals surface area contributed by atoms with Crippen molar-refractivity contribution >= 4 is 16.1 Å². The minimum Gasteiger partial charge on any atom is -0.469 e. The van der Waals surface area contributed by atoms with E-state index in [9.17, 15) is 13.2 Å². The van der Waals surface area contributed by atoms with Crippen LogP contribution in [0, 0.1) is 41.4 Å². The third kappa shape index (κ3) is 5.24. The average molecular weight is 545 g/mol. The van der Waals surface area contributed by atoms with Crippen LogP contribution in [0.1, 0.15) is 97.5 Å². The molecule has 0 bridgehead atoms. The molecule has 0 spiro atoms. The Bertz CT molecular complexity index is 1140. The molecule has 1 aromatic carbocycles. The molecule has 1 aromatic rings. The molecule has 3 saturated carbocycles. The molecular weight excluding hydrogens is 496 g/mol. The number of allylic oxidation sites excluding steroid dienone is 1. The van der Waals surface area contributed by atoms with Gasteiger partial charge in [-0.3, -0.25) is 8.98 Å². The van der Waals surface area contributed by atoms with E-state index in [1.54, 1.807) is 12.1 Å². The standard InChI is InChI=1S/C31H44O5S.CH4/c1-21-8-12-25(13-9-21)37(33,34)36-24-16-18-31(3)23(20-24)10-14-26-27-15-11-22(6-5-7-29(32)35-4)30(27,2)19-17-28(26)31;/h8-10,12-13,22,24,26-28H,5-7,11,14-20H2,1-4H3;1H4. The molecule has 6 heteroatoms. The van der Waals surface area contributed by atoms with E-state index in [1.165, 1.54) is 38.4 Å². The SMILES string of the molecule is C.COC(=O)CCCC1CCC2C3CC=C4CC(OS(=O)(=O)c5ccc(C)cc5)CCC4(C)C3CCC12C. The van der Waals surface area contributed by atoms with Gasteiger partial charge in [0.15, 0.2) is 0 Å². The zero-order valence-corrected chi connectivity index (χ0v) is 23.8. The predicted octanol–water partition coefficient (Wildman–Crippen LogP) is 7.63. The maximum atomic E-state index is 12.9. The van der Waals surface area contributed by atoms with Gasteiger partial charge in [-0.15, -0.1) is 0 Å². The molecule has 7 atom stereocenters. The number of methoxy groups -OCH3 is 1. The van der Waals surface area contributed by atoms with E-state index in [0.717, 1.165) is 50.0 Å². The maximum absolute atomic E-state index is 12.9. The van der Waals surface area contributed by atoms with Crippen LogP contribution in [-0.4, -0.2) is 27.6 Å². The molecule has 0 heterocycles. The van der Waals surface area contributed by atoms with Crippen molar-refractivity contribution in [2.24, 2.45) is 34.5 Å². The molecule has 0 radical (unpaired) electrons. The van der Waals surface area contributed by atoms with Gasteiger partial charge in [-0.25, -0.2) is 0 Å². The van der Waals surface area contributed by atoms with Crippen LogP contribution < -0.4 is 0 Å². The summed E-state index contributed by atoms with van der Waals surface area (Å²) >= 11 is 0. The Morgan fingerprint density at radius 3 is 2.47 bits per heavy atom. The fourth-order valence-corrected chi connectivity index (χ4v) is 9.93.